The summed E-state index contributed by atoms with van der Waals surface area (Å²) in [5, 5.41) is 14.5. The average Bonchev–Trinajstić information content (AvgIpc) is 3.50. The number of nitrogens with zero attached hydrogens (tertiary/aromatic N) is 1. The lowest BCUT2D eigenvalue weighted by atomic mass is 10.1. The number of nitrogens with one attached hydrogen (secondary N) is 2. The predicted molar refractivity (Wildman–Crippen MR) is 101 cm³/mol. The number of hydrogen-bond acceptors (Lipinski definition) is 4. The summed E-state index contributed by atoms with van der Waals surface area (Å²) in [5.74, 6) is 0.0104. The molecule has 0 radical (unpaired) electrons. The minimum Gasteiger partial charge on any atom is -0.497 e. The lowest BCUT2D eigenvalue weighted by molar-refractivity contribution is -0.125. The lowest BCUT2D eigenvalue weighted by Gasteiger charge is -2.07. The summed E-state index contributed by atoms with van der Waals surface area (Å²) in [6.45, 7) is 0.533. The van der Waals surface area contributed by atoms with Crippen LogP contribution in [0.4, 0.5) is 5.69 Å². The van der Waals surface area contributed by atoms with Crippen molar-refractivity contribution in [1.29, 1.82) is 5.26 Å². The average molecular weight is 363 g/mol. The van der Waals surface area contributed by atoms with E-state index in [0.29, 0.717) is 24.2 Å². The van der Waals surface area contributed by atoms with Crippen molar-refractivity contribution in [2.24, 2.45) is 11.8 Å². The third-order valence-electron chi connectivity index (χ3n) is 4.62. The maximum Gasteiger partial charge on any atom is 0.228 e. The van der Waals surface area contributed by atoms with E-state index >= 15 is 0 Å². The number of benzene rings is 2. The standard InChI is InChI=1S/C21H21N3O3/c1-27-17-8-4-14(5-9-17)10-11-23-20(25)18-12-19(18)21(26)24-16-6-2-15(13-22)3-7-16/h2-9,18-19H,10-12H2,1H3,(H,23,25)(H,24,26). The molecular formula is C21H21N3O3. The van der Waals surface area contributed by atoms with Crippen LogP contribution in [0, 0.1) is 23.2 Å². The number of hydrogen-bond donors (Lipinski definition) is 2. The van der Waals surface area contributed by atoms with Crippen molar-refractivity contribution < 1.29 is 14.3 Å². The summed E-state index contributed by atoms with van der Waals surface area (Å²) < 4.78 is 5.12. The number of nitriles is 1. The first-order valence-corrected chi connectivity index (χ1v) is 8.82. The van der Waals surface area contributed by atoms with Gasteiger partial charge in [-0.2, -0.15) is 5.26 Å². The van der Waals surface area contributed by atoms with Crippen molar-refractivity contribution in [2.75, 3.05) is 19.0 Å². The number of carbonyl (C=O) groups is 2. The van der Waals surface area contributed by atoms with Crippen LogP contribution in [0.25, 0.3) is 0 Å². The molecule has 2 N–H and O–H groups in total. The van der Waals surface area contributed by atoms with E-state index in [0.717, 1.165) is 17.7 Å². The van der Waals surface area contributed by atoms with E-state index in [1.54, 1.807) is 31.4 Å². The Bertz CT molecular complexity index is 854. The van der Waals surface area contributed by atoms with Crippen LogP contribution in [-0.4, -0.2) is 25.5 Å². The van der Waals surface area contributed by atoms with Crippen LogP contribution in [0.5, 0.6) is 5.75 Å². The zero-order chi connectivity index (χ0) is 19.2. The molecule has 0 saturated heterocycles. The number of ether oxygens (including phenoxy) is 1. The molecule has 1 aliphatic rings. The van der Waals surface area contributed by atoms with E-state index in [9.17, 15) is 9.59 Å². The molecule has 0 aliphatic heterocycles. The molecule has 2 aromatic carbocycles. The largest absolute Gasteiger partial charge is 0.497 e. The second-order valence-corrected chi connectivity index (χ2v) is 6.52. The summed E-state index contributed by atoms with van der Waals surface area (Å²) >= 11 is 0. The molecule has 0 spiro atoms. The molecule has 6 nitrogen and oxygen atoms in total. The van der Waals surface area contributed by atoms with E-state index in [-0.39, 0.29) is 23.7 Å². The molecule has 1 saturated carbocycles. The Kier molecular flexibility index (Phi) is 5.72. The molecule has 1 fully saturated rings. The molecular weight excluding hydrogens is 342 g/mol. The van der Waals surface area contributed by atoms with Gasteiger partial charge in [-0.15, -0.1) is 0 Å². The van der Waals surface area contributed by atoms with Crippen molar-refractivity contribution in [2.45, 2.75) is 12.8 Å². The molecule has 0 aromatic heterocycles. The van der Waals surface area contributed by atoms with Gasteiger partial charge in [-0.05, 0) is 54.8 Å². The SMILES string of the molecule is COc1ccc(CCNC(=O)C2CC2C(=O)Nc2ccc(C#N)cc2)cc1. The first-order chi connectivity index (χ1) is 13.1. The number of rotatable bonds is 7. The Morgan fingerprint density at radius 2 is 1.74 bits per heavy atom. The normalized spacial score (nSPS) is 17.5. The highest BCUT2D eigenvalue weighted by Gasteiger charge is 2.47. The van der Waals surface area contributed by atoms with Crippen molar-refractivity contribution in [3.8, 4) is 11.8 Å². The molecule has 2 unspecified atom stereocenters. The summed E-state index contributed by atoms with van der Waals surface area (Å²) in [4.78, 5) is 24.4. The summed E-state index contributed by atoms with van der Waals surface area (Å²) in [5.41, 5.74) is 2.28. The Labute approximate surface area is 158 Å². The van der Waals surface area contributed by atoms with Gasteiger partial charge in [-0.3, -0.25) is 9.59 Å². The first kappa shape index (κ1) is 18.5. The van der Waals surface area contributed by atoms with Crippen molar-refractivity contribution >= 4 is 17.5 Å². The fourth-order valence-electron chi connectivity index (χ4n) is 2.89. The lowest BCUT2D eigenvalue weighted by Crippen LogP contribution is -2.29. The van der Waals surface area contributed by atoms with Gasteiger partial charge in [-0.1, -0.05) is 12.1 Å². The molecule has 3 rings (SSSR count). The number of methoxy groups -OCH3 is 1. The van der Waals surface area contributed by atoms with Gasteiger partial charge < -0.3 is 15.4 Å². The highest BCUT2D eigenvalue weighted by Crippen LogP contribution is 2.39. The minimum absolute atomic E-state index is 0.0801. The monoisotopic (exact) mass is 363 g/mol. The van der Waals surface area contributed by atoms with Gasteiger partial charge in [-0.25, -0.2) is 0 Å². The summed E-state index contributed by atoms with van der Waals surface area (Å²) in [6.07, 6.45) is 1.29. The molecule has 2 aromatic rings. The van der Waals surface area contributed by atoms with E-state index in [1.165, 1.54) is 0 Å². The van der Waals surface area contributed by atoms with E-state index in [1.807, 2.05) is 30.3 Å². The van der Waals surface area contributed by atoms with Gasteiger partial charge in [0.1, 0.15) is 5.75 Å². The highest BCUT2D eigenvalue weighted by molar-refractivity contribution is 5.99. The van der Waals surface area contributed by atoms with Crippen LogP contribution in [0.15, 0.2) is 48.5 Å². The predicted octanol–water partition coefficient (Wildman–Crippen LogP) is 2.50. The van der Waals surface area contributed by atoms with Gasteiger partial charge in [0, 0.05) is 12.2 Å². The molecule has 2 atom stereocenters. The topological polar surface area (TPSA) is 91.2 Å². The van der Waals surface area contributed by atoms with Crippen LogP contribution in [0.1, 0.15) is 17.5 Å². The maximum atomic E-state index is 12.2. The van der Waals surface area contributed by atoms with Crippen molar-refractivity contribution in [3.63, 3.8) is 0 Å². The second kappa shape index (κ2) is 8.37. The number of amides is 2. The minimum atomic E-state index is -0.290. The Hall–Kier alpha value is -3.33. The fraction of sp³-hybridized carbons (Fsp3) is 0.286. The van der Waals surface area contributed by atoms with Gasteiger partial charge in [0.05, 0.1) is 30.6 Å². The van der Waals surface area contributed by atoms with Gasteiger partial charge in [0.2, 0.25) is 11.8 Å². The maximum absolute atomic E-state index is 12.2. The summed E-state index contributed by atoms with van der Waals surface area (Å²) in [7, 11) is 1.62. The van der Waals surface area contributed by atoms with Gasteiger partial charge in [0.25, 0.3) is 0 Å². The van der Waals surface area contributed by atoms with E-state index in [2.05, 4.69) is 10.6 Å². The number of carbonyl (C=O) groups excluding carboxylic acids is 2. The quantitative estimate of drug-likeness (QED) is 0.791. The van der Waals surface area contributed by atoms with Crippen molar-refractivity contribution in [3.05, 3.63) is 59.7 Å². The first-order valence-electron chi connectivity index (χ1n) is 8.82. The molecule has 0 heterocycles. The molecule has 138 valence electrons. The highest BCUT2D eigenvalue weighted by atomic mass is 16.5. The molecule has 6 heteroatoms. The van der Waals surface area contributed by atoms with E-state index < -0.39 is 0 Å². The van der Waals surface area contributed by atoms with Crippen LogP contribution in [0.2, 0.25) is 0 Å². The smallest absolute Gasteiger partial charge is 0.228 e. The zero-order valence-corrected chi connectivity index (χ0v) is 15.1. The molecule has 2 amide bonds. The fourth-order valence-corrected chi connectivity index (χ4v) is 2.89. The van der Waals surface area contributed by atoms with Gasteiger partial charge >= 0.3 is 0 Å². The van der Waals surface area contributed by atoms with Crippen LogP contribution < -0.4 is 15.4 Å². The Morgan fingerprint density at radius 3 is 2.37 bits per heavy atom. The third-order valence-corrected chi connectivity index (χ3v) is 4.62. The van der Waals surface area contributed by atoms with Gasteiger partial charge in [0.15, 0.2) is 0 Å². The van der Waals surface area contributed by atoms with Crippen molar-refractivity contribution in [1.82, 2.24) is 5.32 Å². The number of anilines is 1. The molecule has 0 bridgehead atoms. The second-order valence-electron chi connectivity index (χ2n) is 6.52. The van der Waals surface area contributed by atoms with Crippen LogP contribution in [-0.2, 0) is 16.0 Å². The zero-order valence-electron chi connectivity index (χ0n) is 15.1. The molecule has 1 aliphatic carbocycles. The summed E-state index contributed by atoms with van der Waals surface area (Å²) in [6, 6.07) is 16.4. The van der Waals surface area contributed by atoms with E-state index in [4.69, 9.17) is 10.00 Å². The molecule has 27 heavy (non-hydrogen) atoms. The van der Waals surface area contributed by atoms with Crippen LogP contribution in [0.3, 0.4) is 0 Å². The Balaban J connectivity index is 1.41. The van der Waals surface area contributed by atoms with Crippen LogP contribution >= 0.6 is 0 Å². The Morgan fingerprint density at radius 1 is 1.07 bits per heavy atom. The third kappa shape index (κ3) is 4.85.